The summed E-state index contributed by atoms with van der Waals surface area (Å²) in [4.78, 5) is 26.0. The molecule has 6 heteroatoms. The predicted molar refractivity (Wildman–Crippen MR) is 76.3 cm³/mol. The number of carbonyl (C=O) groups is 2. The minimum atomic E-state index is -1.16. The van der Waals surface area contributed by atoms with Crippen LogP contribution >= 0.6 is 0 Å². The maximum Gasteiger partial charge on any atom is 0.329 e. The molecule has 116 valence electrons. The summed E-state index contributed by atoms with van der Waals surface area (Å²) in [6, 6.07) is 0. The van der Waals surface area contributed by atoms with Crippen molar-refractivity contribution in [3.63, 3.8) is 0 Å². The van der Waals surface area contributed by atoms with Crippen molar-refractivity contribution in [1.29, 1.82) is 0 Å². The minimum absolute atomic E-state index is 0.0195. The lowest BCUT2D eigenvalue weighted by Crippen LogP contribution is -2.57. The molecule has 1 fully saturated rings. The fourth-order valence-corrected chi connectivity index (χ4v) is 2.85. The summed E-state index contributed by atoms with van der Waals surface area (Å²) in [7, 11) is 0. The number of amides is 1. The molecular formula is C15H22N2O4. The number of rotatable bonds is 3. The molecule has 0 spiro atoms. The summed E-state index contributed by atoms with van der Waals surface area (Å²) in [5, 5.41) is 13.4. The van der Waals surface area contributed by atoms with Gasteiger partial charge in [0.15, 0.2) is 5.76 Å². The molecule has 0 bridgehead atoms. The summed E-state index contributed by atoms with van der Waals surface area (Å²) in [5.74, 6) is -0.709. The minimum Gasteiger partial charge on any atom is -0.480 e. The Labute approximate surface area is 124 Å². The van der Waals surface area contributed by atoms with Gasteiger partial charge >= 0.3 is 5.97 Å². The Morgan fingerprint density at radius 3 is 2.62 bits per heavy atom. The summed E-state index contributed by atoms with van der Waals surface area (Å²) < 4.78 is 5.25. The van der Waals surface area contributed by atoms with Gasteiger partial charge in [0.1, 0.15) is 11.1 Å². The lowest BCUT2D eigenvalue weighted by Gasteiger charge is -2.41. The molecule has 1 unspecified atom stereocenters. The van der Waals surface area contributed by atoms with E-state index in [0.29, 0.717) is 30.0 Å². The fraction of sp³-hybridized carbons (Fsp3) is 0.667. The first-order valence-electron chi connectivity index (χ1n) is 7.30. The quantitative estimate of drug-likeness (QED) is 0.926. The fourth-order valence-electron chi connectivity index (χ4n) is 2.85. The zero-order valence-corrected chi connectivity index (χ0v) is 13.0. The van der Waals surface area contributed by atoms with Crippen LogP contribution in [0, 0.1) is 6.92 Å². The van der Waals surface area contributed by atoms with Crippen molar-refractivity contribution >= 4 is 11.9 Å². The second kappa shape index (κ2) is 5.50. The molecule has 1 atom stereocenters. The van der Waals surface area contributed by atoms with E-state index in [2.05, 4.69) is 5.16 Å². The average molecular weight is 294 g/mol. The van der Waals surface area contributed by atoms with E-state index in [-0.39, 0.29) is 11.8 Å². The van der Waals surface area contributed by atoms with Crippen molar-refractivity contribution in [3.05, 3.63) is 17.0 Å². The van der Waals surface area contributed by atoms with Crippen molar-refractivity contribution in [2.45, 2.75) is 58.4 Å². The molecule has 21 heavy (non-hydrogen) atoms. The third-order valence-corrected chi connectivity index (χ3v) is 4.22. The molecular weight excluding hydrogens is 272 g/mol. The van der Waals surface area contributed by atoms with Crippen LogP contribution in [0.4, 0.5) is 0 Å². The third kappa shape index (κ3) is 2.54. The average Bonchev–Trinajstić information content (AvgIpc) is 2.80. The molecule has 2 heterocycles. The first-order chi connectivity index (χ1) is 9.79. The maximum absolute atomic E-state index is 12.9. The summed E-state index contributed by atoms with van der Waals surface area (Å²) in [6.07, 6.45) is 2.09. The van der Waals surface area contributed by atoms with Crippen LogP contribution < -0.4 is 0 Å². The lowest BCUT2D eigenvalue weighted by molar-refractivity contribution is -0.150. The molecule has 1 aromatic heterocycles. The first kappa shape index (κ1) is 15.5. The Hall–Kier alpha value is -1.85. The molecule has 6 nitrogen and oxygen atoms in total. The van der Waals surface area contributed by atoms with Gasteiger partial charge in [0.2, 0.25) is 0 Å². The number of carbonyl (C=O) groups excluding carboxylic acids is 1. The third-order valence-electron chi connectivity index (χ3n) is 4.22. The van der Waals surface area contributed by atoms with Crippen molar-refractivity contribution < 1.29 is 19.2 Å². The van der Waals surface area contributed by atoms with E-state index in [9.17, 15) is 14.7 Å². The number of aliphatic carboxylic acids is 1. The number of aromatic nitrogens is 1. The first-order valence-corrected chi connectivity index (χ1v) is 7.30. The van der Waals surface area contributed by atoms with Gasteiger partial charge in [-0.15, -0.1) is 0 Å². The maximum atomic E-state index is 12.9. The van der Waals surface area contributed by atoms with Gasteiger partial charge in [-0.3, -0.25) is 4.79 Å². The van der Waals surface area contributed by atoms with Gasteiger partial charge in [0.25, 0.3) is 5.91 Å². The van der Waals surface area contributed by atoms with Crippen molar-refractivity contribution in [2.24, 2.45) is 0 Å². The predicted octanol–water partition coefficient (Wildman–Crippen LogP) is 2.58. The van der Waals surface area contributed by atoms with Crippen LogP contribution in [0.2, 0.25) is 0 Å². The van der Waals surface area contributed by atoms with E-state index in [1.165, 1.54) is 4.90 Å². The molecule has 0 radical (unpaired) electrons. The van der Waals surface area contributed by atoms with Crippen LogP contribution in [0.1, 0.15) is 67.8 Å². The second-order valence-electron chi connectivity index (χ2n) is 6.15. The van der Waals surface area contributed by atoms with E-state index in [0.717, 1.165) is 12.8 Å². The van der Waals surface area contributed by atoms with E-state index in [4.69, 9.17) is 4.52 Å². The summed E-state index contributed by atoms with van der Waals surface area (Å²) in [6.45, 7) is 7.62. The van der Waals surface area contributed by atoms with Gasteiger partial charge in [-0.1, -0.05) is 19.0 Å². The van der Waals surface area contributed by atoms with Crippen LogP contribution in [-0.4, -0.2) is 39.1 Å². The van der Waals surface area contributed by atoms with Crippen molar-refractivity contribution in [3.8, 4) is 0 Å². The molecule has 0 aromatic carbocycles. The van der Waals surface area contributed by atoms with E-state index in [1.54, 1.807) is 13.8 Å². The Morgan fingerprint density at radius 1 is 1.38 bits per heavy atom. The molecule has 1 aliphatic heterocycles. The number of aryl methyl sites for hydroxylation is 1. The molecule has 0 aliphatic carbocycles. The molecule has 1 aliphatic rings. The van der Waals surface area contributed by atoms with E-state index < -0.39 is 11.5 Å². The highest BCUT2D eigenvalue weighted by molar-refractivity contribution is 5.99. The number of hydrogen-bond donors (Lipinski definition) is 1. The number of carboxylic acid groups (broad SMARTS) is 1. The van der Waals surface area contributed by atoms with Gasteiger partial charge < -0.3 is 14.5 Å². The SMILES string of the molecule is Cc1noc(C(C)C)c1C(=O)N1CCCCC1(C)C(=O)O. The monoisotopic (exact) mass is 294 g/mol. The number of nitrogens with zero attached hydrogens (tertiary/aromatic N) is 2. The Bertz CT molecular complexity index is 564. The number of hydrogen-bond acceptors (Lipinski definition) is 4. The number of piperidine rings is 1. The topological polar surface area (TPSA) is 83.6 Å². The Morgan fingerprint density at radius 2 is 2.05 bits per heavy atom. The molecule has 1 N–H and O–H groups in total. The normalized spacial score (nSPS) is 22.6. The van der Waals surface area contributed by atoms with E-state index in [1.807, 2.05) is 13.8 Å². The highest BCUT2D eigenvalue weighted by Gasteiger charge is 2.45. The Balaban J connectivity index is 2.43. The Kier molecular flexibility index (Phi) is 4.07. The van der Waals surface area contributed by atoms with Crippen LogP contribution in [0.5, 0.6) is 0 Å². The van der Waals surface area contributed by atoms with Crippen molar-refractivity contribution in [1.82, 2.24) is 10.1 Å². The van der Waals surface area contributed by atoms with Gasteiger partial charge in [-0.25, -0.2) is 4.79 Å². The highest BCUT2D eigenvalue weighted by atomic mass is 16.5. The molecule has 0 saturated carbocycles. The second-order valence-corrected chi connectivity index (χ2v) is 6.15. The summed E-state index contributed by atoms with van der Waals surface area (Å²) in [5.41, 5.74) is -0.228. The highest BCUT2D eigenvalue weighted by Crippen LogP contribution is 2.32. The lowest BCUT2D eigenvalue weighted by atomic mass is 9.87. The zero-order valence-electron chi connectivity index (χ0n) is 13.0. The molecule has 2 rings (SSSR count). The molecule has 1 aromatic rings. The van der Waals surface area contributed by atoms with Gasteiger partial charge in [-0.2, -0.15) is 0 Å². The molecule has 1 saturated heterocycles. The summed E-state index contributed by atoms with van der Waals surface area (Å²) >= 11 is 0. The van der Waals surface area contributed by atoms with Crippen LogP contribution in [-0.2, 0) is 4.79 Å². The van der Waals surface area contributed by atoms with Gasteiger partial charge in [0, 0.05) is 12.5 Å². The smallest absolute Gasteiger partial charge is 0.329 e. The molecule has 1 amide bonds. The zero-order chi connectivity index (χ0) is 15.8. The van der Waals surface area contributed by atoms with E-state index >= 15 is 0 Å². The van der Waals surface area contributed by atoms with Crippen molar-refractivity contribution in [2.75, 3.05) is 6.54 Å². The number of likely N-dealkylation sites (tertiary alicyclic amines) is 1. The van der Waals surface area contributed by atoms with Crippen LogP contribution in [0.15, 0.2) is 4.52 Å². The standard InChI is InChI=1S/C15H22N2O4/c1-9(2)12-11(10(3)16-21-12)13(18)17-8-6-5-7-15(17,4)14(19)20/h9H,5-8H2,1-4H3,(H,19,20). The van der Waals surface area contributed by atoms with Gasteiger partial charge in [0.05, 0.1) is 5.69 Å². The van der Waals surface area contributed by atoms with Crippen LogP contribution in [0.25, 0.3) is 0 Å². The number of carboxylic acids is 1. The van der Waals surface area contributed by atoms with Crippen LogP contribution in [0.3, 0.4) is 0 Å². The van der Waals surface area contributed by atoms with Gasteiger partial charge in [-0.05, 0) is 33.1 Å². The largest absolute Gasteiger partial charge is 0.480 e.